The highest BCUT2D eigenvalue weighted by atomic mass is 19.1. The average molecular weight is 131 g/mol. The molecule has 2 heteroatoms. The van der Waals surface area contributed by atoms with Crippen molar-refractivity contribution in [2.75, 3.05) is 6.54 Å². The van der Waals surface area contributed by atoms with Crippen LogP contribution in [-0.4, -0.2) is 18.8 Å². The van der Waals surface area contributed by atoms with Crippen LogP contribution in [0.15, 0.2) is 0 Å². The van der Waals surface area contributed by atoms with Crippen molar-refractivity contribution in [1.82, 2.24) is 5.32 Å². The smallest absolute Gasteiger partial charge is 0.115 e. The Morgan fingerprint density at radius 3 is 2.89 bits per heavy atom. The number of piperidine rings is 1. The summed E-state index contributed by atoms with van der Waals surface area (Å²) in [6.07, 6.45) is 2.08. The second-order valence-corrected chi connectivity index (χ2v) is 2.63. The number of hydrogen-bond donors (Lipinski definition) is 1. The van der Waals surface area contributed by atoms with Crippen LogP contribution in [0.25, 0.3) is 0 Å². The number of halogens is 1. The van der Waals surface area contributed by atoms with Crippen LogP contribution in [0.5, 0.6) is 0 Å². The third kappa shape index (κ3) is 1.65. The van der Waals surface area contributed by atoms with Crippen LogP contribution in [0.1, 0.15) is 26.2 Å². The lowest BCUT2D eigenvalue weighted by molar-refractivity contribution is 0.196. The van der Waals surface area contributed by atoms with Gasteiger partial charge in [0.2, 0.25) is 0 Å². The van der Waals surface area contributed by atoms with Gasteiger partial charge in [-0.25, -0.2) is 4.39 Å². The van der Waals surface area contributed by atoms with E-state index in [1.54, 1.807) is 0 Å². The first-order valence-corrected chi connectivity index (χ1v) is 3.72. The molecule has 1 aliphatic heterocycles. The quantitative estimate of drug-likeness (QED) is 0.568. The van der Waals surface area contributed by atoms with Crippen molar-refractivity contribution >= 4 is 0 Å². The molecule has 0 spiro atoms. The van der Waals surface area contributed by atoms with Crippen LogP contribution in [0.4, 0.5) is 4.39 Å². The Morgan fingerprint density at radius 1 is 1.67 bits per heavy atom. The third-order valence-corrected chi connectivity index (χ3v) is 1.94. The normalized spacial score (nSPS) is 36.7. The fourth-order valence-electron chi connectivity index (χ4n) is 1.31. The van der Waals surface area contributed by atoms with E-state index in [9.17, 15) is 4.39 Å². The maximum atomic E-state index is 12.8. The largest absolute Gasteiger partial charge is 0.311 e. The van der Waals surface area contributed by atoms with Crippen molar-refractivity contribution in [3.63, 3.8) is 0 Å². The zero-order chi connectivity index (χ0) is 6.69. The molecule has 0 bridgehead atoms. The van der Waals surface area contributed by atoms with Gasteiger partial charge in [-0.3, -0.25) is 0 Å². The van der Waals surface area contributed by atoms with Gasteiger partial charge in [-0.1, -0.05) is 6.92 Å². The first-order valence-electron chi connectivity index (χ1n) is 3.72. The van der Waals surface area contributed by atoms with Gasteiger partial charge in [0, 0.05) is 6.04 Å². The Bertz CT molecular complexity index is 85.0. The van der Waals surface area contributed by atoms with E-state index in [0.29, 0.717) is 0 Å². The van der Waals surface area contributed by atoms with Gasteiger partial charge in [0.05, 0.1) is 0 Å². The number of rotatable bonds is 1. The number of nitrogens with one attached hydrogen (secondary N) is 1. The van der Waals surface area contributed by atoms with Gasteiger partial charge in [0.15, 0.2) is 0 Å². The Hall–Kier alpha value is -0.110. The number of alkyl halides is 1. The van der Waals surface area contributed by atoms with Crippen LogP contribution >= 0.6 is 0 Å². The highest BCUT2D eigenvalue weighted by Crippen LogP contribution is 2.13. The predicted molar refractivity (Wildman–Crippen MR) is 36.2 cm³/mol. The standard InChI is InChI=1S/C7H14FN/c1-2-7-6(8)4-3-5-9-7/h6-7,9H,2-5H2,1H3. The van der Waals surface area contributed by atoms with E-state index in [0.717, 1.165) is 25.8 Å². The van der Waals surface area contributed by atoms with E-state index in [2.05, 4.69) is 5.32 Å². The van der Waals surface area contributed by atoms with Crippen LogP contribution < -0.4 is 5.32 Å². The summed E-state index contributed by atoms with van der Waals surface area (Å²) < 4.78 is 12.8. The van der Waals surface area contributed by atoms with E-state index in [1.165, 1.54) is 0 Å². The molecule has 1 N–H and O–H groups in total. The monoisotopic (exact) mass is 131 g/mol. The summed E-state index contributed by atoms with van der Waals surface area (Å²) in [5.41, 5.74) is 0. The van der Waals surface area contributed by atoms with Crippen molar-refractivity contribution in [2.24, 2.45) is 0 Å². The maximum absolute atomic E-state index is 12.8. The predicted octanol–water partition coefficient (Wildman–Crippen LogP) is 1.49. The van der Waals surface area contributed by atoms with Gasteiger partial charge in [-0.2, -0.15) is 0 Å². The summed E-state index contributed by atoms with van der Waals surface area (Å²) in [5, 5.41) is 3.14. The third-order valence-electron chi connectivity index (χ3n) is 1.94. The summed E-state index contributed by atoms with van der Waals surface area (Å²) in [4.78, 5) is 0. The molecule has 2 unspecified atom stereocenters. The first kappa shape index (κ1) is 7.00. The van der Waals surface area contributed by atoms with Crippen molar-refractivity contribution in [3.8, 4) is 0 Å². The molecule has 1 heterocycles. The van der Waals surface area contributed by atoms with Crippen molar-refractivity contribution in [2.45, 2.75) is 38.4 Å². The van der Waals surface area contributed by atoms with E-state index in [4.69, 9.17) is 0 Å². The summed E-state index contributed by atoms with van der Waals surface area (Å²) >= 11 is 0. The van der Waals surface area contributed by atoms with Gasteiger partial charge in [-0.15, -0.1) is 0 Å². The molecule has 0 aromatic heterocycles. The summed E-state index contributed by atoms with van der Waals surface area (Å²) in [5.74, 6) is 0. The molecule has 0 aromatic carbocycles. The summed E-state index contributed by atoms with van der Waals surface area (Å²) in [6, 6.07) is 0.138. The molecular formula is C7H14FN. The SMILES string of the molecule is CCC1NCCCC1F. The van der Waals surface area contributed by atoms with Gasteiger partial charge in [0.25, 0.3) is 0 Å². The summed E-state index contributed by atoms with van der Waals surface area (Å²) in [6.45, 7) is 3.02. The van der Waals surface area contributed by atoms with E-state index >= 15 is 0 Å². The van der Waals surface area contributed by atoms with E-state index < -0.39 is 6.17 Å². The average Bonchev–Trinajstić information content (AvgIpc) is 1.89. The Morgan fingerprint density at radius 2 is 2.44 bits per heavy atom. The molecule has 54 valence electrons. The molecule has 1 fully saturated rings. The van der Waals surface area contributed by atoms with Crippen LogP contribution in [0.3, 0.4) is 0 Å². The van der Waals surface area contributed by atoms with Gasteiger partial charge < -0.3 is 5.32 Å². The Labute approximate surface area is 55.6 Å². The van der Waals surface area contributed by atoms with E-state index in [-0.39, 0.29) is 6.04 Å². The molecule has 1 aliphatic rings. The summed E-state index contributed by atoms with van der Waals surface area (Å²) in [7, 11) is 0. The molecule has 1 rings (SSSR count). The molecule has 0 saturated carbocycles. The Kier molecular flexibility index (Phi) is 2.46. The Balaban J connectivity index is 2.30. The van der Waals surface area contributed by atoms with Crippen LogP contribution in [0, 0.1) is 0 Å². The van der Waals surface area contributed by atoms with Crippen molar-refractivity contribution in [1.29, 1.82) is 0 Å². The molecule has 1 nitrogen and oxygen atoms in total. The molecule has 2 atom stereocenters. The number of hydrogen-bond acceptors (Lipinski definition) is 1. The molecule has 1 saturated heterocycles. The molecule has 0 radical (unpaired) electrons. The van der Waals surface area contributed by atoms with Crippen molar-refractivity contribution < 1.29 is 4.39 Å². The van der Waals surface area contributed by atoms with E-state index in [1.807, 2.05) is 6.92 Å². The topological polar surface area (TPSA) is 12.0 Å². The molecular weight excluding hydrogens is 117 g/mol. The van der Waals surface area contributed by atoms with Crippen molar-refractivity contribution in [3.05, 3.63) is 0 Å². The second kappa shape index (κ2) is 3.16. The van der Waals surface area contributed by atoms with Crippen LogP contribution in [-0.2, 0) is 0 Å². The lowest BCUT2D eigenvalue weighted by atomic mass is 10.0. The zero-order valence-electron chi connectivity index (χ0n) is 5.86. The lowest BCUT2D eigenvalue weighted by Crippen LogP contribution is -2.41. The highest BCUT2D eigenvalue weighted by molar-refractivity contribution is 4.79. The molecule has 9 heavy (non-hydrogen) atoms. The molecule has 0 aromatic rings. The molecule has 0 aliphatic carbocycles. The fourth-order valence-corrected chi connectivity index (χ4v) is 1.31. The van der Waals surface area contributed by atoms with Gasteiger partial charge >= 0.3 is 0 Å². The first-order chi connectivity index (χ1) is 4.34. The lowest BCUT2D eigenvalue weighted by Gasteiger charge is -2.25. The maximum Gasteiger partial charge on any atom is 0.115 e. The highest BCUT2D eigenvalue weighted by Gasteiger charge is 2.21. The minimum Gasteiger partial charge on any atom is -0.311 e. The second-order valence-electron chi connectivity index (χ2n) is 2.63. The zero-order valence-corrected chi connectivity index (χ0v) is 5.86. The minimum atomic E-state index is -0.594. The van der Waals surface area contributed by atoms with Gasteiger partial charge in [0.1, 0.15) is 6.17 Å². The van der Waals surface area contributed by atoms with Gasteiger partial charge in [-0.05, 0) is 25.8 Å². The van der Waals surface area contributed by atoms with Crippen LogP contribution in [0.2, 0.25) is 0 Å². The molecule has 0 amide bonds. The minimum absolute atomic E-state index is 0.138. The fraction of sp³-hybridized carbons (Fsp3) is 1.00.